The fourth-order valence-electron chi connectivity index (χ4n) is 0.633. The minimum absolute atomic E-state index is 0.123. The number of hydrogen-bond acceptors (Lipinski definition) is 7. The number of ether oxygens (including phenoxy) is 2. The minimum atomic E-state index is -0.851. The zero-order chi connectivity index (χ0) is 13.1. The summed E-state index contributed by atoms with van der Waals surface area (Å²) in [5.41, 5.74) is 0.123. The van der Waals surface area contributed by atoms with Gasteiger partial charge in [0.05, 0.1) is 0 Å². The van der Waals surface area contributed by atoms with Crippen molar-refractivity contribution in [3.63, 3.8) is 0 Å². The fourth-order valence-corrected chi connectivity index (χ4v) is 0.633. The van der Waals surface area contributed by atoms with Crippen LogP contribution in [-0.2, 0) is 18.9 Å². The van der Waals surface area contributed by atoms with Crippen LogP contribution in [0.15, 0.2) is 0 Å². The van der Waals surface area contributed by atoms with E-state index in [1.165, 1.54) is 13.3 Å². The molecule has 9 heteroatoms. The van der Waals surface area contributed by atoms with Crippen LogP contribution in [0.1, 0.15) is 13.3 Å². The summed E-state index contributed by atoms with van der Waals surface area (Å²) in [5.74, 6) is -0.477. The first-order valence-corrected chi connectivity index (χ1v) is 4.66. The van der Waals surface area contributed by atoms with Gasteiger partial charge in [0.2, 0.25) is 0 Å². The number of nitrogens with one attached hydrogen (secondary N) is 2. The number of hydrogen-bond donors (Lipinski definition) is 2. The summed E-state index contributed by atoms with van der Waals surface area (Å²) in [6.45, 7) is 1.14. The molecule has 0 aromatic heterocycles. The Morgan fingerprint density at radius 2 is 2.12 bits per heavy atom. The van der Waals surface area contributed by atoms with Crippen molar-refractivity contribution in [2.24, 2.45) is 0 Å². The van der Waals surface area contributed by atoms with E-state index >= 15 is 0 Å². The van der Waals surface area contributed by atoms with Gasteiger partial charge in [-0.2, -0.15) is 0 Å². The Bertz CT molecular complexity index is 339. The molecule has 1 amide bonds. The van der Waals surface area contributed by atoms with E-state index in [1.807, 2.05) is 0 Å². The Labute approximate surface area is 98.8 Å². The Hall–Kier alpha value is -2.24. The Kier molecular flexibility index (Phi) is 7.84. The molecule has 0 aliphatic heterocycles. The number of alkyl carbamates (subject to hydrolysis) is 1. The van der Waals surface area contributed by atoms with Gasteiger partial charge in [0.25, 0.3) is 0 Å². The summed E-state index contributed by atoms with van der Waals surface area (Å²) in [6, 6.07) is 0. The second-order valence-electron chi connectivity index (χ2n) is 2.54. The van der Waals surface area contributed by atoms with Crippen molar-refractivity contribution in [2.45, 2.75) is 13.3 Å². The Balaban J connectivity index is 3.92. The first-order valence-electron chi connectivity index (χ1n) is 4.66. The van der Waals surface area contributed by atoms with Crippen molar-refractivity contribution < 1.29 is 23.7 Å². The molecular formula is C8H12BN3O5. The van der Waals surface area contributed by atoms with E-state index in [0.29, 0.717) is 0 Å². The molecule has 0 spiro atoms. The maximum atomic E-state index is 11.1. The second-order valence-corrected chi connectivity index (χ2v) is 2.54. The third kappa shape index (κ3) is 7.67. The fraction of sp³-hybridized carbons (Fsp3) is 0.500. The molecule has 17 heavy (non-hydrogen) atoms. The van der Waals surface area contributed by atoms with Crippen LogP contribution < -0.4 is 10.6 Å². The first-order chi connectivity index (χ1) is 8.13. The molecule has 0 fully saturated rings. The summed E-state index contributed by atoms with van der Waals surface area (Å²) in [5, 5.41) is 12.9. The molecule has 0 atom stereocenters. The van der Waals surface area contributed by atoms with Gasteiger partial charge in [-0.15, -0.1) is 0 Å². The predicted molar refractivity (Wildman–Crippen MR) is 57.4 cm³/mol. The van der Waals surface area contributed by atoms with Crippen LogP contribution >= 0.6 is 0 Å². The number of nitriles is 1. The van der Waals surface area contributed by atoms with Crippen LogP contribution in [0, 0.1) is 11.5 Å². The molecule has 0 radical (unpaired) electrons. The molecule has 0 bridgehead atoms. The van der Waals surface area contributed by atoms with E-state index in [9.17, 15) is 9.59 Å². The third-order valence-electron chi connectivity index (χ3n) is 1.43. The summed E-state index contributed by atoms with van der Waals surface area (Å²) < 4.78 is 13.3. The normalized spacial score (nSPS) is 9.35. The van der Waals surface area contributed by atoms with Gasteiger partial charge in [-0.05, 0) is 0 Å². The van der Waals surface area contributed by atoms with Gasteiger partial charge < -0.3 is 0 Å². The van der Waals surface area contributed by atoms with E-state index in [0.717, 1.165) is 7.12 Å². The topological polar surface area (TPSA) is 110 Å². The summed E-state index contributed by atoms with van der Waals surface area (Å²) >= 11 is 0. The molecule has 0 aromatic rings. The molecule has 0 heterocycles. The van der Waals surface area contributed by atoms with Crippen LogP contribution in [0.25, 0.3) is 0 Å². The van der Waals surface area contributed by atoms with E-state index in [2.05, 4.69) is 24.8 Å². The van der Waals surface area contributed by atoms with Gasteiger partial charge in [-0.1, -0.05) is 0 Å². The summed E-state index contributed by atoms with van der Waals surface area (Å²) in [6.07, 6.45) is 0.740. The van der Waals surface area contributed by atoms with Gasteiger partial charge >= 0.3 is 98.0 Å². The van der Waals surface area contributed by atoms with Gasteiger partial charge in [0, 0.05) is 0 Å². The Morgan fingerprint density at radius 1 is 1.41 bits per heavy atom. The molecule has 8 nitrogen and oxygen atoms in total. The average Bonchev–Trinajstić information content (AvgIpc) is 2.34. The van der Waals surface area contributed by atoms with Crippen LogP contribution in [0.4, 0.5) is 4.79 Å². The monoisotopic (exact) mass is 241 g/mol. The molecule has 0 saturated heterocycles. The van der Waals surface area contributed by atoms with E-state index in [-0.39, 0.29) is 12.1 Å². The summed E-state index contributed by atoms with van der Waals surface area (Å²) in [7, 11) is 2.49. The van der Waals surface area contributed by atoms with Gasteiger partial charge in [0.1, 0.15) is 0 Å². The van der Waals surface area contributed by atoms with Crippen LogP contribution in [-0.4, -0.2) is 38.7 Å². The van der Waals surface area contributed by atoms with Gasteiger partial charge in [-0.25, -0.2) is 0 Å². The summed E-state index contributed by atoms with van der Waals surface area (Å²) in [4.78, 5) is 21.8. The van der Waals surface area contributed by atoms with Crippen molar-refractivity contribution in [3.05, 3.63) is 0 Å². The number of carbonyl (C=O) groups excluding carboxylic acids is 2. The van der Waals surface area contributed by atoms with Crippen LogP contribution in [0.3, 0.4) is 0 Å². The number of carbonyl (C=O) groups is 2. The molecule has 0 rings (SSSR count). The molecule has 0 aliphatic carbocycles. The van der Waals surface area contributed by atoms with Crippen molar-refractivity contribution >= 4 is 24.9 Å². The molecule has 0 unspecified atom stereocenters. The number of amides is 1. The predicted octanol–water partition coefficient (Wildman–Crippen LogP) is -0.953. The zero-order valence-electron chi connectivity index (χ0n) is 9.48. The van der Waals surface area contributed by atoms with Gasteiger partial charge in [0.15, 0.2) is 0 Å². The van der Waals surface area contributed by atoms with Crippen molar-refractivity contribution in [1.82, 2.24) is 10.6 Å². The standard InChI is InChI=1S/C8H12BN3O5/c1-3-6(13)15-5-16-8(14)12-7(11-2)9-17-4-10/h11H,3,5H2,1-2H3,(H,12,14). The van der Waals surface area contributed by atoms with Crippen LogP contribution in [0.2, 0.25) is 0 Å². The number of rotatable bonds is 6. The van der Waals surface area contributed by atoms with Crippen LogP contribution in [0.5, 0.6) is 0 Å². The number of esters is 1. The molecule has 92 valence electrons. The van der Waals surface area contributed by atoms with Crippen molar-refractivity contribution in [2.75, 3.05) is 13.8 Å². The van der Waals surface area contributed by atoms with E-state index < -0.39 is 18.9 Å². The molecule has 2 N–H and O–H groups in total. The van der Waals surface area contributed by atoms with Gasteiger partial charge in [-0.3, -0.25) is 0 Å². The SMILES string of the molecule is CCC(=O)OCOC(=O)NC(=BOC#N)NC. The second kappa shape index (κ2) is 9.02. The van der Waals surface area contributed by atoms with Crippen molar-refractivity contribution in [1.29, 1.82) is 5.26 Å². The molecule has 0 saturated carbocycles. The number of nitrogens with zero attached hydrogens (tertiary/aromatic N) is 1. The molecular weight excluding hydrogens is 229 g/mol. The zero-order valence-corrected chi connectivity index (χ0v) is 9.48. The van der Waals surface area contributed by atoms with E-state index in [1.54, 1.807) is 6.92 Å². The quantitative estimate of drug-likeness (QED) is 0.267. The first kappa shape index (κ1) is 14.8. The third-order valence-corrected chi connectivity index (χ3v) is 1.43. The molecule has 0 aromatic carbocycles. The molecule has 0 aliphatic rings. The average molecular weight is 241 g/mol. The maximum absolute atomic E-state index is 11.1. The van der Waals surface area contributed by atoms with Crippen molar-refractivity contribution in [3.8, 4) is 6.26 Å². The Morgan fingerprint density at radius 3 is 2.65 bits per heavy atom. The van der Waals surface area contributed by atoms with E-state index in [4.69, 9.17) is 5.26 Å².